The first-order valence-electron chi connectivity index (χ1n) is 5.36. The van der Waals surface area contributed by atoms with Gasteiger partial charge in [-0.2, -0.15) is 0 Å². The molecule has 4 heteroatoms. The third kappa shape index (κ3) is 1.56. The van der Waals surface area contributed by atoms with Crippen molar-refractivity contribution in [2.24, 2.45) is 0 Å². The number of aryl methyl sites for hydroxylation is 1. The van der Waals surface area contributed by atoms with Crippen molar-refractivity contribution in [1.29, 1.82) is 0 Å². The maximum Gasteiger partial charge on any atom is 0.145 e. The molecule has 1 aliphatic rings. The average Bonchev–Trinajstić information content (AvgIpc) is 2.96. The SMILES string of the molecule is CCCCc1nc(C2CC2)n(N)c1N. The number of nitrogens with zero attached hydrogens (tertiary/aromatic N) is 2. The second-order valence-corrected chi connectivity index (χ2v) is 4.05. The number of nitrogen functional groups attached to an aromatic ring is 2. The summed E-state index contributed by atoms with van der Waals surface area (Å²) in [5.74, 6) is 8.05. The van der Waals surface area contributed by atoms with E-state index in [0.717, 1.165) is 30.8 Å². The highest BCUT2D eigenvalue weighted by Gasteiger charge is 2.29. The Labute approximate surface area is 84.3 Å². The monoisotopic (exact) mass is 194 g/mol. The summed E-state index contributed by atoms with van der Waals surface area (Å²) in [6.07, 6.45) is 5.66. The molecule has 4 N–H and O–H groups in total. The van der Waals surface area contributed by atoms with E-state index in [2.05, 4.69) is 11.9 Å². The fraction of sp³-hybridized carbons (Fsp3) is 0.700. The molecule has 14 heavy (non-hydrogen) atoms. The molecule has 4 nitrogen and oxygen atoms in total. The summed E-state index contributed by atoms with van der Waals surface area (Å²) in [6.45, 7) is 2.16. The van der Waals surface area contributed by atoms with E-state index in [4.69, 9.17) is 11.6 Å². The van der Waals surface area contributed by atoms with Crippen LogP contribution in [-0.2, 0) is 6.42 Å². The van der Waals surface area contributed by atoms with Crippen molar-refractivity contribution in [2.45, 2.75) is 44.9 Å². The molecular weight excluding hydrogens is 176 g/mol. The largest absolute Gasteiger partial charge is 0.382 e. The van der Waals surface area contributed by atoms with Crippen molar-refractivity contribution in [1.82, 2.24) is 9.66 Å². The molecule has 1 aromatic heterocycles. The molecule has 1 aliphatic carbocycles. The van der Waals surface area contributed by atoms with Crippen LogP contribution in [0.3, 0.4) is 0 Å². The second kappa shape index (κ2) is 3.52. The van der Waals surface area contributed by atoms with E-state index in [9.17, 15) is 0 Å². The molecule has 0 unspecified atom stereocenters. The van der Waals surface area contributed by atoms with E-state index < -0.39 is 0 Å². The topological polar surface area (TPSA) is 69.9 Å². The van der Waals surface area contributed by atoms with Crippen LogP contribution < -0.4 is 11.6 Å². The number of hydrogen-bond acceptors (Lipinski definition) is 3. The molecule has 0 aromatic carbocycles. The number of nitrogens with two attached hydrogens (primary N) is 2. The molecular formula is C10H18N4. The van der Waals surface area contributed by atoms with Crippen LogP contribution in [0, 0.1) is 0 Å². The summed E-state index contributed by atoms with van der Waals surface area (Å²) in [4.78, 5) is 4.52. The number of imidazole rings is 1. The van der Waals surface area contributed by atoms with Gasteiger partial charge < -0.3 is 11.6 Å². The summed E-state index contributed by atoms with van der Waals surface area (Å²) < 4.78 is 1.57. The molecule has 1 saturated carbocycles. The number of unbranched alkanes of at least 4 members (excludes halogenated alkanes) is 1. The van der Waals surface area contributed by atoms with Crippen LogP contribution in [0.5, 0.6) is 0 Å². The molecule has 1 heterocycles. The predicted molar refractivity (Wildman–Crippen MR) is 57.4 cm³/mol. The van der Waals surface area contributed by atoms with Crippen molar-refractivity contribution in [3.05, 3.63) is 11.5 Å². The summed E-state index contributed by atoms with van der Waals surface area (Å²) in [5, 5.41) is 0. The Hall–Kier alpha value is -1.19. The minimum atomic E-state index is 0.567. The molecule has 0 saturated heterocycles. The highest BCUT2D eigenvalue weighted by molar-refractivity contribution is 5.39. The molecule has 0 atom stereocenters. The zero-order valence-corrected chi connectivity index (χ0v) is 8.66. The highest BCUT2D eigenvalue weighted by atomic mass is 15.4. The van der Waals surface area contributed by atoms with Crippen molar-refractivity contribution in [3.8, 4) is 0 Å². The lowest BCUT2D eigenvalue weighted by Crippen LogP contribution is -2.15. The van der Waals surface area contributed by atoms with Gasteiger partial charge in [0.1, 0.15) is 11.6 Å². The fourth-order valence-corrected chi connectivity index (χ4v) is 1.67. The second-order valence-electron chi connectivity index (χ2n) is 4.05. The smallest absolute Gasteiger partial charge is 0.145 e. The van der Waals surface area contributed by atoms with Gasteiger partial charge in [0.2, 0.25) is 0 Å². The number of rotatable bonds is 4. The van der Waals surface area contributed by atoms with Crippen LogP contribution >= 0.6 is 0 Å². The molecule has 78 valence electrons. The molecule has 0 amide bonds. The standard InChI is InChI=1S/C10H18N4/c1-2-3-4-8-9(11)14(12)10(13-8)7-5-6-7/h7H,2-6,11-12H2,1H3. The van der Waals surface area contributed by atoms with Gasteiger partial charge in [0.25, 0.3) is 0 Å². The van der Waals surface area contributed by atoms with Crippen LogP contribution in [0.4, 0.5) is 5.82 Å². The lowest BCUT2D eigenvalue weighted by atomic mass is 10.2. The lowest BCUT2D eigenvalue weighted by Gasteiger charge is -2.00. The Morgan fingerprint density at radius 1 is 1.50 bits per heavy atom. The molecule has 1 fully saturated rings. The van der Waals surface area contributed by atoms with Crippen molar-refractivity contribution < 1.29 is 0 Å². The average molecular weight is 194 g/mol. The van der Waals surface area contributed by atoms with E-state index in [0.29, 0.717) is 11.7 Å². The highest BCUT2D eigenvalue weighted by Crippen LogP contribution is 2.39. The van der Waals surface area contributed by atoms with Gasteiger partial charge in [-0.15, -0.1) is 0 Å². The van der Waals surface area contributed by atoms with E-state index in [1.54, 1.807) is 4.68 Å². The summed E-state index contributed by atoms with van der Waals surface area (Å²) >= 11 is 0. The molecule has 1 aromatic rings. The van der Waals surface area contributed by atoms with Crippen LogP contribution in [-0.4, -0.2) is 9.66 Å². The Morgan fingerprint density at radius 2 is 2.21 bits per heavy atom. The van der Waals surface area contributed by atoms with Gasteiger partial charge in [-0.25, -0.2) is 9.66 Å². The zero-order valence-electron chi connectivity index (χ0n) is 8.66. The maximum absolute atomic E-state index is 5.89. The lowest BCUT2D eigenvalue weighted by molar-refractivity contribution is 0.778. The Morgan fingerprint density at radius 3 is 2.79 bits per heavy atom. The Kier molecular flexibility index (Phi) is 2.35. The van der Waals surface area contributed by atoms with Crippen LogP contribution in [0.2, 0.25) is 0 Å². The van der Waals surface area contributed by atoms with Gasteiger partial charge in [0, 0.05) is 5.92 Å². The van der Waals surface area contributed by atoms with E-state index >= 15 is 0 Å². The summed E-state index contributed by atoms with van der Waals surface area (Å²) in [5.41, 5.74) is 6.87. The Bertz CT molecular complexity index is 325. The quantitative estimate of drug-likeness (QED) is 0.712. The number of anilines is 1. The van der Waals surface area contributed by atoms with Crippen LogP contribution in [0.25, 0.3) is 0 Å². The van der Waals surface area contributed by atoms with Gasteiger partial charge in [-0.05, 0) is 25.7 Å². The summed E-state index contributed by atoms with van der Waals surface area (Å²) in [7, 11) is 0. The van der Waals surface area contributed by atoms with Crippen molar-refractivity contribution >= 4 is 5.82 Å². The van der Waals surface area contributed by atoms with Gasteiger partial charge in [-0.1, -0.05) is 13.3 Å². The number of hydrogen-bond donors (Lipinski definition) is 2. The molecule has 2 rings (SSSR count). The van der Waals surface area contributed by atoms with Gasteiger partial charge in [-0.3, -0.25) is 0 Å². The third-order valence-corrected chi connectivity index (χ3v) is 2.76. The zero-order chi connectivity index (χ0) is 10.1. The van der Waals surface area contributed by atoms with Crippen LogP contribution in [0.15, 0.2) is 0 Å². The van der Waals surface area contributed by atoms with Gasteiger partial charge in [0.05, 0.1) is 5.69 Å². The van der Waals surface area contributed by atoms with Gasteiger partial charge in [0.15, 0.2) is 0 Å². The first-order valence-corrected chi connectivity index (χ1v) is 5.36. The third-order valence-electron chi connectivity index (χ3n) is 2.76. The Balaban J connectivity index is 2.18. The molecule has 0 bridgehead atoms. The minimum absolute atomic E-state index is 0.567. The van der Waals surface area contributed by atoms with Gasteiger partial charge >= 0.3 is 0 Å². The first kappa shape index (κ1) is 9.37. The summed E-state index contributed by atoms with van der Waals surface area (Å²) in [6, 6.07) is 0. The molecule has 0 aliphatic heterocycles. The normalized spacial score (nSPS) is 16.1. The van der Waals surface area contributed by atoms with E-state index in [-0.39, 0.29) is 0 Å². The minimum Gasteiger partial charge on any atom is -0.382 e. The van der Waals surface area contributed by atoms with Crippen molar-refractivity contribution in [3.63, 3.8) is 0 Å². The number of aromatic nitrogens is 2. The molecule has 0 radical (unpaired) electrons. The fourth-order valence-electron chi connectivity index (χ4n) is 1.67. The first-order chi connectivity index (χ1) is 6.74. The van der Waals surface area contributed by atoms with E-state index in [1.165, 1.54) is 12.8 Å². The molecule has 0 spiro atoms. The maximum atomic E-state index is 5.89. The van der Waals surface area contributed by atoms with E-state index in [1.807, 2.05) is 0 Å². The van der Waals surface area contributed by atoms with Crippen molar-refractivity contribution in [2.75, 3.05) is 11.6 Å². The predicted octanol–water partition coefficient (Wildman–Crippen LogP) is 1.40. The van der Waals surface area contributed by atoms with Crippen LogP contribution in [0.1, 0.15) is 50.0 Å².